The van der Waals surface area contributed by atoms with E-state index in [0.29, 0.717) is 19.6 Å². The van der Waals surface area contributed by atoms with Gasteiger partial charge in [-0.15, -0.1) is 10.2 Å². The van der Waals surface area contributed by atoms with Crippen LogP contribution >= 0.6 is 0 Å². The van der Waals surface area contributed by atoms with Crippen LogP contribution in [0.2, 0.25) is 0 Å². The van der Waals surface area contributed by atoms with Gasteiger partial charge in [0.1, 0.15) is 6.33 Å². The van der Waals surface area contributed by atoms with E-state index >= 15 is 0 Å². The minimum atomic E-state index is -0.0191. The number of rotatable bonds is 4. The summed E-state index contributed by atoms with van der Waals surface area (Å²) in [5.74, 6) is 0.774. The zero-order valence-corrected chi connectivity index (χ0v) is 12.5. The molecule has 0 spiro atoms. The van der Waals surface area contributed by atoms with Gasteiger partial charge in [-0.05, 0) is 24.3 Å². The number of hydrogen-bond acceptors (Lipinski definition) is 5. The predicted octanol–water partition coefficient (Wildman–Crippen LogP) is 0.799. The van der Waals surface area contributed by atoms with E-state index in [9.17, 15) is 4.79 Å². The number of aryl methyl sites for hydroxylation is 1. The Bertz CT molecular complexity index is 632. The summed E-state index contributed by atoms with van der Waals surface area (Å²) in [6, 6.07) is 7.66. The number of amides is 1. The molecule has 0 aliphatic carbocycles. The molecule has 3 rings (SSSR count). The molecule has 22 heavy (non-hydrogen) atoms. The first-order valence-corrected chi connectivity index (χ1v) is 7.28. The molecule has 0 unspecified atom stereocenters. The van der Waals surface area contributed by atoms with Crippen molar-refractivity contribution in [2.75, 3.05) is 25.1 Å². The third kappa shape index (κ3) is 3.49. The number of anilines is 1. The largest absolute Gasteiger partial charge is 0.378 e. The summed E-state index contributed by atoms with van der Waals surface area (Å²) in [5, 5.41) is 14.1. The number of carbonyl (C=O) groups excluding carboxylic acids is 1. The van der Waals surface area contributed by atoms with Crippen molar-refractivity contribution in [3.63, 3.8) is 0 Å². The van der Waals surface area contributed by atoms with Crippen molar-refractivity contribution < 1.29 is 9.53 Å². The second kappa shape index (κ2) is 6.67. The summed E-state index contributed by atoms with van der Waals surface area (Å²) >= 11 is 0. The van der Waals surface area contributed by atoms with Crippen molar-refractivity contribution >= 4 is 11.6 Å². The number of aromatic nitrogens is 3. The minimum absolute atomic E-state index is 0.0191. The maximum atomic E-state index is 12.0. The minimum Gasteiger partial charge on any atom is -0.378 e. The monoisotopic (exact) mass is 301 g/mol. The Morgan fingerprint density at radius 3 is 2.91 bits per heavy atom. The average Bonchev–Trinajstić information content (AvgIpc) is 2.95. The summed E-state index contributed by atoms with van der Waals surface area (Å²) in [5.41, 5.74) is 1.73. The number of carbonyl (C=O) groups is 1. The molecule has 0 radical (unpaired) electrons. The molecule has 1 aliphatic heterocycles. The Morgan fingerprint density at radius 2 is 2.27 bits per heavy atom. The number of nitrogens with zero attached hydrogens (tertiary/aromatic N) is 3. The van der Waals surface area contributed by atoms with Gasteiger partial charge in [0.15, 0.2) is 5.82 Å². The van der Waals surface area contributed by atoms with Gasteiger partial charge in [0.2, 0.25) is 5.91 Å². The molecule has 7 nitrogen and oxygen atoms in total. The quantitative estimate of drug-likeness (QED) is 0.873. The Hall–Kier alpha value is -2.25. The van der Waals surface area contributed by atoms with Crippen LogP contribution in [0.5, 0.6) is 0 Å². The first kappa shape index (κ1) is 14.7. The lowest BCUT2D eigenvalue weighted by atomic mass is 10.1. The predicted molar refractivity (Wildman–Crippen MR) is 82.3 cm³/mol. The average molecular weight is 301 g/mol. The first-order valence-electron chi connectivity index (χ1n) is 7.28. The second-order valence-electron chi connectivity index (χ2n) is 5.32. The lowest BCUT2D eigenvalue weighted by Gasteiger charge is -2.23. The molecule has 2 N–H and O–H groups in total. The van der Waals surface area contributed by atoms with E-state index in [-0.39, 0.29) is 11.9 Å². The van der Waals surface area contributed by atoms with Crippen LogP contribution in [0.15, 0.2) is 30.6 Å². The van der Waals surface area contributed by atoms with E-state index in [1.165, 1.54) is 0 Å². The van der Waals surface area contributed by atoms with Crippen LogP contribution in [0.25, 0.3) is 11.4 Å². The number of nitrogens with one attached hydrogen (secondary N) is 2. The van der Waals surface area contributed by atoms with Gasteiger partial charge in [-0.1, -0.05) is 0 Å². The number of benzene rings is 1. The van der Waals surface area contributed by atoms with Crippen molar-refractivity contribution in [1.82, 2.24) is 20.1 Å². The zero-order chi connectivity index (χ0) is 15.4. The van der Waals surface area contributed by atoms with Crippen LogP contribution in [0, 0.1) is 0 Å². The van der Waals surface area contributed by atoms with E-state index in [1.54, 1.807) is 6.33 Å². The zero-order valence-electron chi connectivity index (χ0n) is 12.5. The summed E-state index contributed by atoms with van der Waals surface area (Å²) in [4.78, 5) is 12.0. The highest BCUT2D eigenvalue weighted by molar-refractivity contribution is 5.91. The fourth-order valence-corrected chi connectivity index (χ4v) is 2.43. The maximum Gasteiger partial charge on any atom is 0.226 e. The van der Waals surface area contributed by atoms with E-state index in [1.807, 2.05) is 35.9 Å². The normalized spacial score (nSPS) is 18.1. The Labute approximate surface area is 128 Å². The third-order valence-electron chi connectivity index (χ3n) is 3.57. The van der Waals surface area contributed by atoms with Crippen LogP contribution in [0.1, 0.15) is 6.42 Å². The van der Waals surface area contributed by atoms with Crippen LogP contribution in [-0.2, 0) is 16.6 Å². The Kier molecular flexibility index (Phi) is 4.45. The number of morpholine rings is 1. The van der Waals surface area contributed by atoms with Crippen molar-refractivity contribution in [1.29, 1.82) is 0 Å². The van der Waals surface area contributed by atoms with Crippen LogP contribution in [0.3, 0.4) is 0 Å². The summed E-state index contributed by atoms with van der Waals surface area (Å²) < 4.78 is 7.19. The van der Waals surface area contributed by atoms with Crippen molar-refractivity contribution in [3.8, 4) is 11.4 Å². The topological polar surface area (TPSA) is 81.1 Å². The second-order valence-corrected chi connectivity index (χ2v) is 5.32. The molecule has 1 aromatic heterocycles. The molecular weight excluding hydrogens is 282 g/mol. The highest BCUT2D eigenvalue weighted by atomic mass is 16.5. The fourth-order valence-electron chi connectivity index (χ4n) is 2.43. The lowest BCUT2D eigenvalue weighted by Crippen LogP contribution is -2.43. The molecule has 1 atom stereocenters. The summed E-state index contributed by atoms with van der Waals surface area (Å²) in [6.07, 6.45) is 2.06. The highest BCUT2D eigenvalue weighted by Gasteiger charge is 2.16. The molecule has 1 amide bonds. The molecule has 1 aliphatic rings. The van der Waals surface area contributed by atoms with E-state index in [2.05, 4.69) is 20.8 Å². The van der Waals surface area contributed by atoms with Gasteiger partial charge in [0.05, 0.1) is 13.2 Å². The van der Waals surface area contributed by atoms with Crippen molar-refractivity contribution in [2.24, 2.45) is 7.05 Å². The molecule has 2 heterocycles. The summed E-state index contributed by atoms with van der Waals surface area (Å²) in [7, 11) is 1.89. The molecule has 1 saturated heterocycles. The van der Waals surface area contributed by atoms with Gasteiger partial charge in [0, 0.05) is 37.3 Å². The Balaban J connectivity index is 1.58. The van der Waals surface area contributed by atoms with Gasteiger partial charge in [0.25, 0.3) is 0 Å². The van der Waals surface area contributed by atoms with E-state index < -0.39 is 0 Å². The van der Waals surface area contributed by atoms with Gasteiger partial charge in [-0.3, -0.25) is 4.79 Å². The lowest BCUT2D eigenvalue weighted by molar-refractivity contribution is -0.117. The molecule has 0 saturated carbocycles. The molecular formula is C15H19N5O2. The van der Waals surface area contributed by atoms with Gasteiger partial charge in [-0.25, -0.2) is 0 Å². The standard InChI is InChI=1S/C15H19N5O2/c1-20-10-17-19-15(20)11-2-4-12(5-3-11)18-14(21)8-13-9-22-7-6-16-13/h2-5,10,13,16H,6-9H2,1H3,(H,18,21)/t13-/m0/s1. The van der Waals surface area contributed by atoms with Crippen molar-refractivity contribution in [2.45, 2.75) is 12.5 Å². The SMILES string of the molecule is Cn1cnnc1-c1ccc(NC(=O)C[C@H]2COCCN2)cc1. The van der Waals surface area contributed by atoms with Gasteiger partial charge >= 0.3 is 0 Å². The first-order chi connectivity index (χ1) is 10.7. The molecule has 7 heteroatoms. The van der Waals surface area contributed by atoms with Gasteiger partial charge in [-0.2, -0.15) is 0 Å². The fraction of sp³-hybridized carbons (Fsp3) is 0.400. The molecule has 2 aromatic rings. The molecule has 116 valence electrons. The molecule has 0 bridgehead atoms. The molecule has 1 aromatic carbocycles. The molecule has 1 fully saturated rings. The van der Waals surface area contributed by atoms with Crippen LogP contribution in [0.4, 0.5) is 5.69 Å². The number of hydrogen-bond donors (Lipinski definition) is 2. The maximum absolute atomic E-state index is 12.0. The van der Waals surface area contributed by atoms with E-state index in [4.69, 9.17) is 4.74 Å². The van der Waals surface area contributed by atoms with Gasteiger partial charge < -0.3 is 19.9 Å². The third-order valence-corrected chi connectivity index (χ3v) is 3.57. The van der Waals surface area contributed by atoms with Crippen LogP contribution < -0.4 is 10.6 Å². The number of ether oxygens (including phenoxy) is 1. The van der Waals surface area contributed by atoms with E-state index in [0.717, 1.165) is 23.6 Å². The Morgan fingerprint density at radius 1 is 1.45 bits per heavy atom. The van der Waals surface area contributed by atoms with Crippen LogP contribution in [-0.4, -0.2) is 46.5 Å². The smallest absolute Gasteiger partial charge is 0.226 e. The highest BCUT2D eigenvalue weighted by Crippen LogP contribution is 2.18. The van der Waals surface area contributed by atoms with Crippen molar-refractivity contribution in [3.05, 3.63) is 30.6 Å². The summed E-state index contributed by atoms with van der Waals surface area (Å²) in [6.45, 7) is 2.09.